The van der Waals surface area contributed by atoms with Crippen LogP contribution in [0.1, 0.15) is 26.2 Å². The van der Waals surface area contributed by atoms with Gasteiger partial charge in [-0.2, -0.15) is 0 Å². The van der Waals surface area contributed by atoms with E-state index in [2.05, 4.69) is 5.32 Å². The van der Waals surface area contributed by atoms with Gasteiger partial charge in [0.2, 0.25) is 17.6 Å². The molecule has 2 amide bonds. The van der Waals surface area contributed by atoms with Crippen LogP contribution in [-0.2, 0) is 9.59 Å². The maximum absolute atomic E-state index is 12.8. The number of hydrogen-bond donors (Lipinski definition) is 2. The lowest BCUT2D eigenvalue weighted by Crippen LogP contribution is -2.54. The first-order chi connectivity index (χ1) is 13.4. The molecule has 3 rings (SSSR count). The van der Waals surface area contributed by atoms with E-state index in [0.717, 1.165) is 12.8 Å². The molecular weight excluding hydrogens is 398 g/mol. The Labute approximate surface area is 177 Å². The Kier molecular flexibility index (Phi) is 7.24. The number of hydrogen-bond acceptors (Lipinski definition) is 6. The minimum atomic E-state index is -0.420. The fourth-order valence-electron chi connectivity index (χ4n) is 3.78. The molecule has 0 radical (unpaired) electrons. The largest absolute Gasteiger partial charge is 0.493 e. The Morgan fingerprint density at radius 2 is 1.79 bits per heavy atom. The average molecular weight is 428 g/mol. The van der Waals surface area contributed by atoms with E-state index in [-0.39, 0.29) is 30.6 Å². The molecule has 0 spiro atoms. The molecule has 2 aliphatic rings. The van der Waals surface area contributed by atoms with Crippen molar-refractivity contribution in [3.63, 3.8) is 0 Å². The molecule has 1 saturated heterocycles. The number of carbonyl (C=O) groups excluding carboxylic acids is 2. The smallest absolute Gasteiger partial charge is 0.227 e. The van der Waals surface area contributed by atoms with Crippen molar-refractivity contribution in [1.82, 2.24) is 5.32 Å². The standard InChI is InChI=1S/C20H29N3O5.ClH/c1-20(11-21,13-5-6-13)22-19(25)12-7-17(24)23(10-12)14-8-15(26-2)18(28-4)16(9-14)27-3;/h8-9,12-13H,5-7,10-11,21H2,1-4H3,(H,22,25);1H. The van der Waals surface area contributed by atoms with E-state index >= 15 is 0 Å². The van der Waals surface area contributed by atoms with Crippen LogP contribution in [0.15, 0.2) is 12.1 Å². The predicted octanol–water partition coefficient (Wildman–Crippen LogP) is 1.73. The first-order valence-electron chi connectivity index (χ1n) is 9.49. The number of halogens is 1. The summed E-state index contributed by atoms with van der Waals surface area (Å²) in [4.78, 5) is 27.0. The van der Waals surface area contributed by atoms with E-state index < -0.39 is 11.5 Å². The van der Waals surface area contributed by atoms with Gasteiger partial charge in [-0.25, -0.2) is 0 Å². The van der Waals surface area contributed by atoms with Gasteiger partial charge in [-0.1, -0.05) is 0 Å². The molecule has 29 heavy (non-hydrogen) atoms. The zero-order valence-corrected chi connectivity index (χ0v) is 18.1. The molecule has 1 aromatic rings. The number of nitrogens with zero attached hydrogens (tertiary/aromatic N) is 1. The van der Waals surface area contributed by atoms with Crippen LogP contribution < -0.4 is 30.2 Å². The van der Waals surface area contributed by atoms with Gasteiger partial charge in [0.15, 0.2) is 11.5 Å². The Balaban J connectivity index is 0.00000300. The van der Waals surface area contributed by atoms with E-state index in [4.69, 9.17) is 19.9 Å². The molecule has 8 nitrogen and oxygen atoms in total. The van der Waals surface area contributed by atoms with Gasteiger partial charge in [-0.05, 0) is 25.7 Å². The maximum Gasteiger partial charge on any atom is 0.227 e. The highest BCUT2D eigenvalue weighted by Gasteiger charge is 2.44. The molecule has 2 unspecified atom stereocenters. The van der Waals surface area contributed by atoms with Gasteiger partial charge in [-0.3, -0.25) is 9.59 Å². The molecule has 3 N–H and O–H groups in total. The van der Waals surface area contributed by atoms with Gasteiger partial charge >= 0.3 is 0 Å². The van der Waals surface area contributed by atoms with Crippen LogP contribution in [0, 0.1) is 11.8 Å². The van der Waals surface area contributed by atoms with Crippen LogP contribution in [0.25, 0.3) is 0 Å². The summed E-state index contributed by atoms with van der Waals surface area (Å²) in [6.45, 7) is 2.67. The second kappa shape index (κ2) is 9.09. The average Bonchev–Trinajstić information content (AvgIpc) is 3.49. The van der Waals surface area contributed by atoms with Gasteiger partial charge in [-0.15, -0.1) is 12.4 Å². The molecule has 2 fully saturated rings. The van der Waals surface area contributed by atoms with Crippen LogP contribution in [0.3, 0.4) is 0 Å². The number of anilines is 1. The second-order valence-corrected chi connectivity index (χ2v) is 7.67. The van der Waals surface area contributed by atoms with E-state index in [1.807, 2.05) is 6.92 Å². The third-order valence-corrected chi connectivity index (χ3v) is 5.77. The lowest BCUT2D eigenvalue weighted by atomic mass is 9.94. The van der Waals surface area contributed by atoms with E-state index in [1.165, 1.54) is 21.3 Å². The number of carbonyl (C=O) groups is 2. The van der Waals surface area contributed by atoms with Crippen LogP contribution in [-0.4, -0.2) is 51.8 Å². The molecule has 1 aliphatic heterocycles. The normalized spacial score (nSPS) is 20.5. The first kappa shape index (κ1) is 23.1. The number of rotatable bonds is 8. The fraction of sp³-hybridized carbons (Fsp3) is 0.600. The number of amides is 2. The molecule has 1 aliphatic carbocycles. The van der Waals surface area contributed by atoms with Crippen LogP contribution in [0.4, 0.5) is 5.69 Å². The summed E-state index contributed by atoms with van der Waals surface area (Å²) >= 11 is 0. The summed E-state index contributed by atoms with van der Waals surface area (Å²) in [5.74, 6) is 1.14. The van der Waals surface area contributed by atoms with Crippen molar-refractivity contribution in [2.24, 2.45) is 17.6 Å². The highest BCUT2D eigenvalue weighted by molar-refractivity contribution is 6.01. The van der Waals surface area contributed by atoms with E-state index in [0.29, 0.717) is 41.9 Å². The molecule has 1 aromatic carbocycles. The predicted molar refractivity (Wildman–Crippen MR) is 112 cm³/mol. The Bertz CT molecular complexity index is 745. The summed E-state index contributed by atoms with van der Waals surface area (Å²) in [6.07, 6.45) is 2.32. The third-order valence-electron chi connectivity index (χ3n) is 5.77. The number of benzene rings is 1. The summed E-state index contributed by atoms with van der Waals surface area (Å²) < 4.78 is 16.1. The summed E-state index contributed by atoms with van der Waals surface area (Å²) in [6, 6.07) is 3.43. The molecule has 9 heteroatoms. The van der Waals surface area contributed by atoms with Crippen LogP contribution >= 0.6 is 12.4 Å². The second-order valence-electron chi connectivity index (χ2n) is 7.67. The lowest BCUT2D eigenvalue weighted by molar-refractivity contribution is -0.128. The third kappa shape index (κ3) is 4.53. The van der Waals surface area contributed by atoms with Crippen molar-refractivity contribution < 1.29 is 23.8 Å². The molecule has 162 valence electrons. The SMILES string of the molecule is COc1cc(N2CC(C(=O)NC(C)(CN)C3CC3)CC2=O)cc(OC)c1OC.Cl. The quantitative estimate of drug-likeness (QED) is 0.654. The number of nitrogens with one attached hydrogen (secondary N) is 1. The topological polar surface area (TPSA) is 103 Å². The minimum Gasteiger partial charge on any atom is -0.493 e. The van der Waals surface area contributed by atoms with Crippen molar-refractivity contribution >= 4 is 29.9 Å². The van der Waals surface area contributed by atoms with Gasteiger partial charge < -0.3 is 30.2 Å². The summed E-state index contributed by atoms with van der Waals surface area (Å²) in [5.41, 5.74) is 6.11. The van der Waals surface area contributed by atoms with Crippen molar-refractivity contribution in [2.75, 3.05) is 39.3 Å². The van der Waals surface area contributed by atoms with Gasteiger partial charge in [0.1, 0.15) is 0 Å². The minimum absolute atomic E-state index is 0. The van der Waals surface area contributed by atoms with Gasteiger partial charge in [0.25, 0.3) is 0 Å². The Morgan fingerprint density at radius 3 is 2.24 bits per heavy atom. The van der Waals surface area contributed by atoms with Crippen LogP contribution in [0.2, 0.25) is 0 Å². The fourth-order valence-corrected chi connectivity index (χ4v) is 3.78. The van der Waals surface area contributed by atoms with Crippen molar-refractivity contribution in [1.29, 1.82) is 0 Å². The molecular formula is C20H30ClN3O5. The van der Waals surface area contributed by atoms with E-state index in [1.54, 1.807) is 17.0 Å². The number of nitrogens with two attached hydrogens (primary N) is 1. The van der Waals surface area contributed by atoms with Crippen LogP contribution in [0.5, 0.6) is 17.2 Å². The van der Waals surface area contributed by atoms with Crippen molar-refractivity contribution in [3.8, 4) is 17.2 Å². The number of methoxy groups -OCH3 is 3. The Hall–Kier alpha value is -2.19. The molecule has 1 heterocycles. The zero-order valence-electron chi connectivity index (χ0n) is 17.3. The summed E-state index contributed by atoms with van der Waals surface area (Å²) in [7, 11) is 4.57. The van der Waals surface area contributed by atoms with Crippen molar-refractivity contribution in [2.45, 2.75) is 31.7 Å². The molecule has 1 saturated carbocycles. The zero-order chi connectivity index (χ0) is 20.5. The monoisotopic (exact) mass is 427 g/mol. The highest BCUT2D eigenvalue weighted by Crippen LogP contribution is 2.42. The highest BCUT2D eigenvalue weighted by atomic mass is 35.5. The Morgan fingerprint density at radius 1 is 1.21 bits per heavy atom. The molecule has 0 bridgehead atoms. The lowest BCUT2D eigenvalue weighted by Gasteiger charge is -2.30. The van der Waals surface area contributed by atoms with E-state index in [9.17, 15) is 9.59 Å². The molecule has 2 atom stereocenters. The maximum atomic E-state index is 12.8. The first-order valence-corrected chi connectivity index (χ1v) is 9.49. The summed E-state index contributed by atoms with van der Waals surface area (Å²) in [5, 5.41) is 3.09. The van der Waals surface area contributed by atoms with Crippen molar-refractivity contribution in [3.05, 3.63) is 12.1 Å². The molecule has 0 aromatic heterocycles. The number of ether oxygens (including phenoxy) is 3. The van der Waals surface area contributed by atoms with Gasteiger partial charge in [0, 0.05) is 31.6 Å². The van der Waals surface area contributed by atoms with Gasteiger partial charge in [0.05, 0.1) is 38.5 Å².